The summed E-state index contributed by atoms with van der Waals surface area (Å²) in [5.41, 5.74) is 2.52. The van der Waals surface area contributed by atoms with Gasteiger partial charge in [-0.15, -0.1) is 11.3 Å². The van der Waals surface area contributed by atoms with Gasteiger partial charge in [-0.05, 0) is 52.6 Å². The van der Waals surface area contributed by atoms with Crippen LogP contribution in [0.1, 0.15) is 57.0 Å². The van der Waals surface area contributed by atoms with E-state index < -0.39 is 0 Å². The van der Waals surface area contributed by atoms with E-state index in [1.54, 1.807) is 12.3 Å². The van der Waals surface area contributed by atoms with Crippen molar-refractivity contribution in [1.29, 1.82) is 0 Å². The molecule has 1 amide bonds. The van der Waals surface area contributed by atoms with E-state index in [4.69, 9.17) is 27.9 Å². The molecule has 0 unspecified atom stereocenters. The van der Waals surface area contributed by atoms with Gasteiger partial charge < -0.3 is 4.74 Å². The second-order valence-corrected chi connectivity index (χ2v) is 12.0. The normalized spacial score (nSPS) is 12.0. The summed E-state index contributed by atoms with van der Waals surface area (Å²) in [5, 5.41) is 4.54. The monoisotopic (exact) mass is 504 g/mol. The number of thiazole rings is 1. The van der Waals surface area contributed by atoms with E-state index in [2.05, 4.69) is 57.1 Å². The topological polar surface area (TPSA) is 51.2 Å². The third kappa shape index (κ3) is 7.73. The molecule has 1 N–H and O–H groups in total. The molecule has 4 nitrogen and oxygen atoms in total. The zero-order valence-corrected chi connectivity index (χ0v) is 22.0. The molecule has 0 fully saturated rings. The van der Waals surface area contributed by atoms with Crippen LogP contribution in [0.25, 0.3) is 0 Å². The minimum Gasteiger partial charge on any atom is -0.484 e. The summed E-state index contributed by atoms with van der Waals surface area (Å²) in [5.74, 6) is 0.412. The van der Waals surface area contributed by atoms with Gasteiger partial charge in [-0.2, -0.15) is 0 Å². The third-order valence-electron chi connectivity index (χ3n) is 5.16. The zero-order chi connectivity index (χ0) is 24.2. The maximum Gasteiger partial charge on any atom is 0.264 e. The first-order valence-electron chi connectivity index (χ1n) is 10.8. The Morgan fingerprint density at radius 3 is 2.39 bits per heavy atom. The number of nitrogens with one attached hydrogen (secondary N) is 1. The Morgan fingerprint density at radius 1 is 1.06 bits per heavy atom. The maximum absolute atomic E-state index is 12.3. The molecule has 0 radical (unpaired) electrons. The molecular weight excluding hydrogens is 475 g/mol. The number of rotatable bonds is 8. The highest BCUT2D eigenvalue weighted by molar-refractivity contribution is 7.15. The molecule has 0 atom stereocenters. The molecule has 0 aliphatic heterocycles. The smallest absolute Gasteiger partial charge is 0.264 e. The van der Waals surface area contributed by atoms with Crippen molar-refractivity contribution in [2.24, 2.45) is 5.41 Å². The summed E-state index contributed by atoms with van der Waals surface area (Å²) in [6.45, 7) is 11.2. The van der Waals surface area contributed by atoms with Gasteiger partial charge in [-0.25, -0.2) is 4.98 Å². The second kappa shape index (κ2) is 10.5. The van der Waals surface area contributed by atoms with Gasteiger partial charge in [0.1, 0.15) is 5.75 Å². The predicted molar refractivity (Wildman–Crippen MR) is 139 cm³/mol. The van der Waals surface area contributed by atoms with Gasteiger partial charge in [0.25, 0.3) is 5.91 Å². The fourth-order valence-corrected chi connectivity index (χ4v) is 5.36. The Kier molecular flexibility index (Phi) is 8.09. The summed E-state index contributed by atoms with van der Waals surface area (Å²) in [6.07, 6.45) is 3.44. The van der Waals surface area contributed by atoms with Crippen LogP contribution in [0.3, 0.4) is 0 Å². The van der Waals surface area contributed by atoms with Crippen LogP contribution >= 0.6 is 34.5 Å². The molecule has 3 aromatic rings. The Labute approximate surface area is 210 Å². The molecule has 0 bridgehead atoms. The predicted octanol–water partition coefficient (Wildman–Crippen LogP) is 7.77. The van der Waals surface area contributed by atoms with Crippen LogP contribution in [0.4, 0.5) is 5.13 Å². The molecule has 0 aliphatic carbocycles. The van der Waals surface area contributed by atoms with Crippen LogP contribution < -0.4 is 10.1 Å². The standard InChI is InChI=1S/C26H30Cl2N2O2S/c1-25(2,3)16-26(4,5)18-7-10-20(11-8-18)32-15-23(31)30-24-29-14-21(33-24)12-17-6-9-19(27)13-22(17)28/h6-11,13-14H,12,15-16H2,1-5H3,(H,29,30,31). The van der Waals surface area contributed by atoms with Crippen molar-refractivity contribution in [2.45, 2.75) is 52.9 Å². The first kappa shape index (κ1) is 25.5. The Bertz CT molecular complexity index is 1100. The average molecular weight is 506 g/mol. The lowest BCUT2D eigenvalue weighted by molar-refractivity contribution is -0.118. The van der Waals surface area contributed by atoms with E-state index in [1.165, 1.54) is 16.9 Å². The molecule has 0 saturated heterocycles. The summed E-state index contributed by atoms with van der Waals surface area (Å²) in [7, 11) is 0. The van der Waals surface area contributed by atoms with E-state index >= 15 is 0 Å². The largest absolute Gasteiger partial charge is 0.484 e. The van der Waals surface area contributed by atoms with Crippen molar-refractivity contribution in [2.75, 3.05) is 11.9 Å². The van der Waals surface area contributed by atoms with Crippen LogP contribution in [-0.2, 0) is 16.6 Å². The number of aromatic nitrogens is 1. The molecule has 0 aliphatic rings. The molecule has 2 aromatic carbocycles. The highest BCUT2D eigenvalue weighted by Crippen LogP contribution is 2.36. The van der Waals surface area contributed by atoms with Crippen molar-refractivity contribution >= 4 is 45.6 Å². The number of nitrogens with zero attached hydrogens (tertiary/aromatic N) is 1. The van der Waals surface area contributed by atoms with Crippen LogP contribution in [0.15, 0.2) is 48.7 Å². The van der Waals surface area contributed by atoms with Crippen molar-refractivity contribution < 1.29 is 9.53 Å². The molecule has 1 aromatic heterocycles. The van der Waals surface area contributed by atoms with E-state index in [9.17, 15) is 4.79 Å². The summed E-state index contributed by atoms with van der Waals surface area (Å²) >= 11 is 13.6. The highest BCUT2D eigenvalue weighted by atomic mass is 35.5. The van der Waals surface area contributed by atoms with Crippen molar-refractivity contribution in [3.05, 3.63) is 74.7 Å². The number of ether oxygens (including phenoxy) is 1. The number of carbonyl (C=O) groups is 1. The number of anilines is 1. The van der Waals surface area contributed by atoms with E-state index in [1.807, 2.05) is 24.3 Å². The van der Waals surface area contributed by atoms with Gasteiger partial charge in [0.05, 0.1) is 0 Å². The minimum absolute atomic E-state index is 0.0624. The average Bonchev–Trinajstić information content (AvgIpc) is 3.14. The molecule has 3 rings (SSSR count). The number of benzene rings is 2. The van der Waals surface area contributed by atoms with Crippen LogP contribution in [0.2, 0.25) is 10.0 Å². The number of hydrogen-bond donors (Lipinski definition) is 1. The first-order valence-corrected chi connectivity index (χ1v) is 12.4. The van der Waals surface area contributed by atoms with Crippen molar-refractivity contribution in [3.63, 3.8) is 0 Å². The SMILES string of the molecule is CC(C)(C)CC(C)(C)c1ccc(OCC(=O)Nc2ncc(Cc3ccc(Cl)cc3Cl)s2)cc1. The first-order chi connectivity index (χ1) is 15.4. The van der Waals surface area contributed by atoms with Gasteiger partial charge in [-0.1, -0.05) is 76.0 Å². The van der Waals surface area contributed by atoms with Crippen LogP contribution in [0.5, 0.6) is 5.75 Å². The molecule has 176 valence electrons. The van der Waals surface area contributed by atoms with Crippen molar-refractivity contribution in [1.82, 2.24) is 4.98 Å². The Morgan fingerprint density at radius 2 is 1.76 bits per heavy atom. The molecular formula is C26H30Cl2N2O2S. The number of carbonyl (C=O) groups excluding carboxylic acids is 1. The van der Waals surface area contributed by atoms with E-state index in [0.29, 0.717) is 27.3 Å². The molecule has 7 heteroatoms. The highest BCUT2D eigenvalue weighted by Gasteiger charge is 2.27. The molecule has 33 heavy (non-hydrogen) atoms. The fourth-order valence-electron chi connectivity index (χ4n) is 4.03. The van der Waals surface area contributed by atoms with Gasteiger partial charge >= 0.3 is 0 Å². The van der Waals surface area contributed by atoms with Gasteiger partial charge in [-0.3, -0.25) is 10.1 Å². The Hall–Kier alpha value is -2.08. The quantitative estimate of drug-likeness (QED) is 0.340. The lowest BCUT2D eigenvalue weighted by Gasteiger charge is -2.33. The number of amides is 1. The lowest BCUT2D eigenvalue weighted by Crippen LogP contribution is -2.24. The molecule has 0 spiro atoms. The lowest BCUT2D eigenvalue weighted by atomic mass is 9.72. The summed E-state index contributed by atoms with van der Waals surface area (Å²) in [6, 6.07) is 13.4. The third-order valence-corrected chi connectivity index (χ3v) is 6.66. The second-order valence-electron chi connectivity index (χ2n) is 10.0. The number of hydrogen-bond acceptors (Lipinski definition) is 4. The minimum atomic E-state index is -0.252. The molecule has 1 heterocycles. The maximum atomic E-state index is 12.3. The summed E-state index contributed by atoms with van der Waals surface area (Å²) in [4.78, 5) is 17.6. The summed E-state index contributed by atoms with van der Waals surface area (Å²) < 4.78 is 5.67. The van der Waals surface area contributed by atoms with Crippen LogP contribution in [-0.4, -0.2) is 17.5 Å². The zero-order valence-electron chi connectivity index (χ0n) is 19.7. The van der Waals surface area contributed by atoms with E-state index in [-0.39, 0.29) is 23.3 Å². The van der Waals surface area contributed by atoms with Gasteiger partial charge in [0.15, 0.2) is 11.7 Å². The number of halogens is 2. The Balaban J connectivity index is 1.51. The van der Waals surface area contributed by atoms with Crippen LogP contribution in [0, 0.1) is 5.41 Å². The van der Waals surface area contributed by atoms with E-state index in [0.717, 1.165) is 16.9 Å². The molecule has 0 saturated carbocycles. The van der Waals surface area contributed by atoms with Gasteiger partial charge in [0, 0.05) is 27.5 Å². The fraction of sp³-hybridized carbons (Fsp3) is 0.385. The van der Waals surface area contributed by atoms with Gasteiger partial charge in [0.2, 0.25) is 0 Å². The van der Waals surface area contributed by atoms with Crippen molar-refractivity contribution in [3.8, 4) is 5.75 Å².